The van der Waals surface area contributed by atoms with Crippen molar-refractivity contribution in [1.82, 2.24) is 15.1 Å². The smallest absolute Gasteiger partial charge is 0.410 e. The number of nitrogens with one attached hydrogen (secondary N) is 1. The third-order valence-electron chi connectivity index (χ3n) is 3.98. The van der Waals surface area contributed by atoms with Crippen molar-refractivity contribution >= 4 is 28.7 Å². The molecule has 1 aromatic carbocycles. The Morgan fingerprint density at radius 2 is 2.04 bits per heavy atom. The van der Waals surface area contributed by atoms with Crippen LogP contribution in [-0.2, 0) is 4.74 Å². The molecule has 1 saturated heterocycles. The molecule has 1 atom stereocenters. The number of nitrogens with zero attached hydrogens (tertiary/aromatic N) is 2. The van der Waals surface area contributed by atoms with Gasteiger partial charge < -0.3 is 4.74 Å². The van der Waals surface area contributed by atoms with E-state index in [-0.39, 0.29) is 12.1 Å². The van der Waals surface area contributed by atoms with Gasteiger partial charge in [-0.15, -0.1) is 0 Å². The highest BCUT2D eigenvalue weighted by Crippen LogP contribution is 2.33. The van der Waals surface area contributed by atoms with Gasteiger partial charge in [0.25, 0.3) is 0 Å². The van der Waals surface area contributed by atoms with Gasteiger partial charge in [0.15, 0.2) is 0 Å². The van der Waals surface area contributed by atoms with Crippen molar-refractivity contribution in [1.29, 1.82) is 0 Å². The van der Waals surface area contributed by atoms with E-state index in [0.717, 1.165) is 29.8 Å². The van der Waals surface area contributed by atoms with Crippen LogP contribution in [0.25, 0.3) is 11.3 Å². The fraction of sp³-hybridized carbons (Fsp3) is 0.444. The van der Waals surface area contributed by atoms with E-state index in [4.69, 9.17) is 4.74 Å². The van der Waals surface area contributed by atoms with Crippen LogP contribution in [0.4, 0.5) is 4.79 Å². The third-order valence-corrected chi connectivity index (χ3v) is 4.69. The molecule has 6 heteroatoms. The molecule has 1 aliphatic heterocycles. The number of likely N-dealkylation sites (tertiary alicyclic amines) is 1. The first kappa shape index (κ1) is 17.3. The number of hydrogen-bond donors (Lipinski definition) is 1. The van der Waals surface area contributed by atoms with Crippen LogP contribution < -0.4 is 0 Å². The van der Waals surface area contributed by atoms with Crippen molar-refractivity contribution in [2.45, 2.75) is 45.3 Å². The minimum Gasteiger partial charge on any atom is -0.444 e. The summed E-state index contributed by atoms with van der Waals surface area (Å²) < 4.78 is 6.72. The number of aromatic amines is 1. The van der Waals surface area contributed by atoms with Gasteiger partial charge in [-0.2, -0.15) is 5.10 Å². The van der Waals surface area contributed by atoms with Gasteiger partial charge in [-0.1, -0.05) is 12.1 Å². The Morgan fingerprint density at radius 3 is 2.71 bits per heavy atom. The number of benzene rings is 1. The van der Waals surface area contributed by atoms with Gasteiger partial charge in [0, 0.05) is 10.1 Å². The molecular formula is C18H22IN3O2. The largest absolute Gasteiger partial charge is 0.444 e. The van der Waals surface area contributed by atoms with Crippen LogP contribution in [0.3, 0.4) is 0 Å². The number of halogens is 1. The number of rotatable bonds is 2. The summed E-state index contributed by atoms with van der Waals surface area (Å²) >= 11 is 2.29. The van der Waals surface area contributed by atoms with E-state index in [1.54, 1.807) is 4.90 Å². The summed E-state index contributed by atoms with van der Waals surface area (Å²) in [7, 11) is 0. The third kappa shape index (κ3) is 3.91. The maximum Gasteiger partial charge on any atom is 0.410 e. The Bertz CT molecular complexity index is 719. The highest BCUT2D eigenvalue weighted by atomic mass is 127. The minimum atomic E-state index is -0.484. The molecule has 24 heavy (non-hydrogen) atoms. The second-order valence-corrected chi connectivity index (χ2v) is 8.29. The fourth-order valence-corrected chi connectivity index (χ4v) is 3.26. The summed E-state index contributed by atoms with van der Waals surface area (Å²) in [5.74, 6) is 0. The van der Waals surface area contributed by atoms with Crippen molar-refractivity contribution in [3.8, 4) is 11.3 Å². The quantitative estimate of drug-likeness (QED) is 0.687. The lowest BCUT2D eigenvalue weighted by molar-refractivity contribution is 0.0221. The van der Waals surface area contributed by atoms with Crippen LogP contribution in [0.15, 0.2) is 30.3 Å². The van der Waals surface area contributed by atoms with E-state index in [0.29, 0.717) is 6.54 Å². The predicted molar refractivity (Wildman–Crippen MR) is 102 cm³/mol. The molecular weight excluding hydrogens is 417 g/mol. The monoisotopic (exact) mass is 439 g/mol. The van der Waals surface area contributed by atoms with Gasteiger partial charge in [0.1, 0.15) is 5.60 Å². The molecule has 1 N–H and O–H groups in total. The second kappa shape index (κ2) is 6.74. The van der Waals surface area contributed by atoms with Crippen molar-refractivity contribution in [2.24, 2.45) is 0 Å². The zero-order valence-corrected chi connectivity index (χ0v) is 16.3. The molecule has 1 amide bonds. The Hall–Kier alpha value is -1.57. The zero-order chi connectivity index (χ0) is 17.3. The van der Waals surface area contributed by atoms with Gasteiger partial charge in [0.05, 0.1) is 17.4 Å². The summed E-state index contributed by atoms with van der Waals surface area (Å²) in [6.07, 6.45) is 1.62. The Morgan fingerprint density at radius 1 is 1.33 bits per heavy atom. The van der Waals surface area contributed by atoms with Crippen LogP contribution >= 0.6 is 22.6 Å². The maximum absolute atomic E-state index is 12.4. The molecule has 5 nitrogen and oxygen atoms in total. The van der Waals surface area contributed by atoms with E-state index in [2.05, 4.69) is 57.1 Å². The van der Waals surface area contributed by atoms with E-state index < -0.39 is 5.60 Å². The summed E-state index contributed by atoms with van der Waals surface area (Å²) in [4.78, 5) is 14.2. The van der Waals surface area contributed by atoms with E-state index in [1.165, 1.54) is 3.57 Å². The lowest BCUT2D eigenvalue weighted by Crippen LogP contribution is -2.36. The van der Waals surface area contributed by atoms with Crippen molar-refractivity contribution < 1.29 is 9.53 Å². The molecule has 0 saturated carbocycles. The Kier molecular flexibility index (Phi) is 4.85. The number of carbonyl (C=O) groups is 1. The fourth-order valence-electron chi connectivity index (χ4n) is 2.90. The topological polar surface area (TPSA) is 58.2 Å². The van der Waals surface area contributed by atoms with Crippen molar-refractivity contribution in [2.75, 3.05) is 6.54 Å². The summed E-state index contributed by atoms with van der Waals surface area (Å²) in [5, 5.41) is 7.54. The highest BCUT2D eigenvalue weighted by molar-refractivity contribution is 14.1. The number of H-pyrrole nitrogens is 1. The van der Waals surface area contributed by atoms with Crippen LogP contribution in [0.1, 0.15) is 45.3 Å². The van der Waals surface area contributed by atoms with E-state index in [9.17, 15) is 4.79 Å². The number of ether oxygens (including phenoxy) is 1. The highest BCUT2D eigenvalue weighted by Gasteiger charge is 2.34. The molecule has 1 aromatic heterocycles. The van der Waals surface area contributed by atoms with Crippen LogP contribution in [0, 0.1) is 3.57 Å². The second-order valence-electron chi connectivity index (χ2n) is 7.05. The van der Waals surface area contributed by atoms with Crippen LogP contribution in [0.5, 0.6) is 0 Å². The predicted octanol–water partition coefficient (Wildman–Crippen LogP) is 4.75. The molecule has 1 aliphatic rings. The summed E-state index contributed by atoms with van der Waals surface area (Å²) in [6, 6.07) is 10.3. The molecule has 0 radical (unpaired) electrons. The van der Waals surface area contributed by atoms with Crippen molar-refractivity contribution in [3.05, 3.63) is 39.6 Å². The molecule has 0 spiro atoms. The molecule has 1 fully saturated rings. The van der Waals surface area contributed by atoms with Gasteiger partial charge in [0.2, 0.25) is 0 Å². The molecule has 2 heterocycles. The molecule has 2 aromatic rings. The first-order valence-corrected chi connectivity index (χ1v) is 9.22. The summed E-state index contributed by atoms with van der Waals surface area (Å²) in [6.45, 7) is 6.38. The molecule has 128 valence electrons. The first-order valence-electron chi connectivity index (χ1n) is 8.14. The van der Waals surface area contributed by atoms with Gasteiger partial charge in [-0.25, -0.2) is 4.79 Å². The maximum atomic E-state index is 12.4. The van der Waals surface area contributed by atoms with Gasteiger partial charge >= 0.3 is 6.09 Å². The first-order chi connectivity index (χ1) is 11.3. The molecule has 1 unspecified atom stereocenters. The number of amides is 1. The zero-order valence-electron chi connectivity index (χ0n) is 14.2. The Labute approximate surface area is 155 Å². The minimum absolute atomic E-state index is 0.0197. The normalized spacial score (nSPS) is 18.0. The van der Waals surface area contributed by atoms with Gasteiger partial charge in [-0.05, 0) is 80.0 Å². The van der Waals surface area contributed by atoms with Crippen molar-refractivity contribution in [3.63, 3.8) is 0 Å². The number of carbonyl (C=O) groups excluding carboxylic acids is 1. The lowest BCUT2D eigenvalue weighted by Gasteiger charge is -2.27. The van der Waals surface area contributed by atoms with E-state index >= 15 is 0 Å². The van der Waals surface area contributed by atoms with Crippen LogP contribution in [-0.4, -0.2) is 33.3 Å². The van der Waals surface area contributed by atoms with Crippen LogP contribution in [0.2, 0.25) is 0 Å². The van der Waals surface area contributed by atoms with Gasteiger partial charge in [-0.3, -0.25) is 10.00 Å². The Balaban J connectivity index is 1.78. The SMILES string of the molecule is CC(C)(C)OC(=O)N1CCCC1c1cc(-c2ccc(I)cc2)[nH]n1. The molecule has 0 bridgehead atoms. The average molecular weight is 439 g/mol. The standard InChI is InChI=1S/C18H22IN3O2/c1-18(2,3)24-17(23)22-10-4-5-16(22)15-11-14(20-21-15)12-6-8-13(19)9-7-12/h6-9,11,16H,4-5,10H2,1-3H3,(H,20,21). The molecule has 3 rings (SSSR count). The average Bonchev–Trinajstić information content (AvgIpc) is 3.15. The van der Waals surface area contributed by atoms with E-state index in [1.807, 2.05) is 26.8 Å². The number of aromatic nitrogens is 2. The summed E-state index contributed by atoms with van der Waals surface area (Å²) in [5.41, 5.74) is 2.47. The molecule has 0 aliphatic carbocycles. The lowest BCUT2D eigenvalue weighted by atomic mass is 10.1. The number of hydrogen-bond acceptors (Lipinski definition) is 3.